The van der Waals surface area contributed by atoms with E-state index in [0.717, 1.165) is 11.1 Å². The highest BCUT2D eigenvalue weighted by Gasteiger charge is 2.15. The summed E-state index contributed by atoms with van der Waals surface area (Å²) in [5.74, 6) is -0.726. The lowest BCUT2D eigenvalue weighted by Crippen LogP contribution is -2.11. The Morgan fingerprint density at radius 3 is 2.65 bits per heavy atom. The minimum Gasteiger partial charge on any atom is -0.487 e. The van der Waals surface area contributed by atoms with Crippen LogP contribution in [0.25, 0.3) is 23.1 Å². The predicted molar refractivity (Wildman–Crippen MR) is 101 cm³/mol. The quantitative estimate of drug-likeness (QED) is 0.739. The fraction of sp³-hybridized carbons (Fsp3) is 0.143. The molecule has 0 spiro atoms. The first kappa shape index (κ1) is 17.5. The van der Waals surface area contributed by atoms with Crippen LogP contribution in [0, 0.1) is 6.92 Å². The Kier molecular flexibility index (Phi) is 4.89. The van der Waals surface area contributed by atoms with Crippen molar-refractivity contribution in [1.82, 2.24) is 0 Å². The van der Waals surface area contributed by atoms with Crippen LogP contribution >= 0.6 is 0 Å². The number of fused-ring (bicyclic) bond motifs is 1. The molecule has 1 heterocycles. The molecule has 0 aliphatic carbocycles. The second-order valence-corrected chi connectivity index (χ2v) is 5.76. The van der Waals surface area contributed by atoms with E-state index >= 15 is 0 Å². The van der Waals surface area contributed by atoms with E-state index in [0.29, 0.717) is 18.0 Å². The zero-order valence-electron chi connectivity index (χ0n) is 14.5. The molecule has 5 nitrogen and oxygen atoms in total. The summed E-state index contributed by atoms with van der Waals surface area (Å²) >= 11 is 0. The van der Waals surface area contributed by atoms with Crippen LogP contribution < -0.4 is 10.2 Å². The highest BCUT2D eigenvalue weighted by molar-refractivity contribution is 5.93. The molecule has 1 N–H and O–H groups in total. The van der Waals surface area contributed by atoms with E-state index < -0.39 is 5.97 Å². The molecule has 26 heavy (non-hydrogen) atoms. The Morgan fingerprint density at radius 2 is 1.96 bits per heavy atom. The maximum Gasteiger partial charge on any atom is 0.335 e. The van der Waals surface area contributed by atoms with Gasteiger partial charge in [0.25, 0.3) is 0 Å². The summed E-state index contributed by atoms with van der Waals surface area (Å²) in [6.07, 6.45) is 3.55. The maximum atomic E-state index is 12.8. The zero-order chi connectivity index (χ0) is 18.7. The summed E-state index contributed by atoms with van der Waals surface area (Å²) in [6.45, 7) is 4.05. The molecule has 0 saturated heterocycles. The molecule has 0 radical (unpaired) electrons. The van der Waals surface area contributed by atoms with Crippen molar-refractivity contribution in [2.75, 3.05) is 6.61 Å². The number of benzene rings is 2. The van der Waals surface area contributed by atoms with Gasteiger partial charge in [-0.05, 0) is 49.2 Å². The summed E-state index contributed by atoms with van der Waals surface area (Å²) in [7, 11) is 0. The molecule has 0 aliphatic rings. The monoisotopic (exact) mass is 350 g/mol. The highest BCUT2D eigenvalue weighted by atomic mass is 16.5. The third kappa shape index (κ3) is 3.37. The smallest absolute Gasteiger partial charge is 0.335 e. The molecule has 0 saturated carbocycles. The molecule has 3 aromatic rings. The van der Waals surface area contributed by atoms with Gasteiger partial charge in [0.1, 0.15) is 5.58 Å². The van der Waals surface area contributed by atoms with Crippen molar-refractivity contribution in [3.63, 3.8) is 0 Å². The first-order chi connectivity index (χ1) is 12.5. The Hall–Kier alpha value is -3.34. The van der Waals surface area contributed by atoms with Gasteiger partial charge in [0.15, 0.2) is 5.76 Å². The number of aryl methyl sites for hydroxylation is 1. The third-order valence-electron chi connectivity index (χ3n) is 4.01. The molecule has 132 valence electrons. The molecule has 0 atom stereocenters. The fourth-order valence-electron chi connectivity index (χ4n) is 2.66. The van der Waals surface area contributed by atoms with Gasteiger partial charge in [-0.15, -0.1) is 0 Å². The molecule has 0 amide bonds. The van der Waals surface area contributed by atoms with E-state index in [4.69, 9.17) is 14.3 Å². The normalized spacial score (nSPS) is 11.2. The lowest BCUT2D eigenvalue weighted by atomic mass is 10.1. The van der Waals surface area contributed by atoms with Gasteiger partial charge < -0.3 is 14.3 Å². The number of ether oxygens (including phenoxy) is 1. The second-order valence-electron chi connectivity index (χ2n) is 5.76. The summed E-state index contributed by atoms with van der Waals surface area (Å²) in [4.78, 5) is 23.9. The standard InChI is InChI=1S/C21H18O5/c1-3-25-20-18(11-8-14-7-5-4-6-13(14)2)26-17-10-9-15(21(23)24)12-16(17)19(20)22/h4-12H,3H2,1-2H3,(H,23,24)/b11-8+. The zero-order valence-corrected chi connectivity index (χ0v) is 14.5. The molecule has 0 aliphatic heterocycles. The largest absolute Gasteiger partial charge is 0.487 e. The van der Waals surface area contributed by atoms with Crippen molar-refractivity contribution >= 4 is 29.1 Å². The Morgan fingerprint density at radius 1 is 1.19 bits per heavy atom. The van der Waals surface area contributed by atoms with Crippen LogP contribution in [0.3, 0.4) is 0 Å². The number of aromatic carboxylic acids is 1. The Bertz CT molecular complexity index is 1060. The molecular formula is C21H18O5. The first-order valence-electron chi connectivity index (χ1n) is 8.22. The average molecular weight is 350 g/mol. The summed E-state index contributed by atoms with van der Waals surface area (Å²) in [5.41, 5.74) is 2.04. The lowest BCUT2D eigenvalue weighted by molar-refractivity contribution is 0.0697. The summed E-state index contributed by atoms with van der Waals surface area (Å²) in [6, 6.07) is 12.0. The van der Waals surface area contributed by atoms with Gasteiger partial charge in [-0.2, -0.15) is 0 Å². The van der Waals surface area contributed by atoms with Crippen molar-refractivity contribution in [3.8, 4) is 5.75 Å². The van der Waals surface area contributed by atoms with Crippen LogP contribution in [-0.2, 0) is 0 Å². The Balaban J connectivity index is 2.17. The van der Waals surface area contributed by atoms with Gasteiger partial charge >= 0.3 is 5.97 Å². The minimum absolute atomic E-state index is 0.0236. The van der Waals surface area contributed by atoms with E-state index in [1.165, 1.54) is 18.2 Å². The molecule has 3 rings (SSSR count). The van der Waals surface area contributed by atoms with Crippen LogP contribution in [0.5, 0.6) is 5.75 Å². The van der Waals surface area contributed by atoms with Gasteiger partial charge in [-0.1, -0.05) is 30.3 Å². The number of rotatable bonds is 5. The minimum atomic E-state index is -1.10. The van der Waals surface area contributed by atoms with Gasteiger partial charge in [0.05, 0.1) is 17.6 Å². The average Bonchev–Trinajstić information content (AvgIpc) is 2.63. The second kappa shape index (κ2) is 7.27. The molecule has 0 unspecified atom stereocenters. The number of carboxylic acid groups (broad SMARTS) is 1. The van der Waals surface area contributed by atoms with Crippen LogP contribution in [0.4, 0.5) is 0 Å². The third-order valence-corrected chi connectivity index (χ3v) is 4.01. The highest BCUT2D eigenvalue weighted by Crippen LogP contribution is 2.24. The number of carboxylic acids is 1. The van der Waals surface area contributed by atoms with E-state index in [-0.39, 0.29) is 22.1 Å². The van der Waals surface area contributed by atoms with Crippen LogP contribution in [0.15, 0.2) is 51.7 Å². The lowest BCUT2D eigenvalue weighted by Gasteiger charge is -2.08. The molecule has 0 fully saturated rings. The van der Waals surface area contributed by atoms with E-state index in [9.17, 15) is 9.59 Å². The van der Waals surface area contributed by atoms with Gasteiger partial charge in [-0.25, -0.2) is 4.79 Å². The topological polar surface area (TPSA) is 76.7 Å². The molecule has 5 heteroatoms. The fourth-order valence-corrected chi connectivity index (χ4v) is 2.66. The molecule has 0 bridgehead atoms. The molecular weight excluding hydrogens is 332 g/mol. The van der Waals surface area contributed by atoms with Crippen molar-refractivity contribution in [2.45, 2.75) is 13.8 Å². The van der Waals surface area contributed by atoms with Crippen LogP contribution in [0.2, 0.25) is 0 Å². The van der Waals surface area contributed by atoms with Crippen molar-refractivity contribution in [2.24, 2.45) is 0 Å². The summed E-state index contributed by atoms with van der Waals surface area (Å²) < 4.78 is 11.3. The van der Waals surface area contributed by atoms with E-state index in [2.05, 4.69) is 0 Å². The number of hydrogen-bond donors (Lipinski definition) is 1. The van der Waals surface area contributed by atoms with Crippen LogP contribution in [0.1, 0.15) is 34.2 Å². The van der Waals surface area contributed by atoms with Gasteiger partial charge in [0, 0.05) is 0 Å². The van der Waals surface area contributed by atoms with E-state index in [1.54, 1.807) is 13.0 Å². The number of carbonyl (C=O) groups is 1. The van der Waals surface area contributed by atoms with Crippen molar-refractivity contribution < 1.29 is 19.1 Å². The maximum absolute atomic E-state index is 12.8. The number of hydrogen-bond acceptors (Lipinski definition) is 4. The van der Waals surface area contributed by atoms with Crippen molar-refractivity contribution in [3.05, 3.63) is 75.1 Å². The molecule has 1 aromatic heterocycles. The first-order valence-corrected chi connectivity index (χ1v) is 8.22. The predicted octanol–water partition coefficient (Wildman–Crippen LogP) is 4.37. The SMILES string of the molecule is CCOc1c(/C=C/c2ccccc2C)oc2ccc(C(=O)O)cc2c1=O. The van der Waals surface area contributed by atoms with E-state index in [1.807, 2.05) is 37.3 Å². The summed E-state index contributed by atoms with van der Waals surface area (Å²) in [5, 5.41) is 9.31. The molecule has 2 aromatic carbocycles. The Labute approximate surface area is 150 Å². The van der Waals surface area contributed by atoms with Crippen molar-refractivity contribution in [1.29, 1.82) is 0 Å². The van der Waals surface area contributed by atoms with Crippen LogP contribution in [-0.4, -0.2) is 17.7 Å². The van der Waals surface area contributed by atoms with Gasteiger partial charge in [0.2, 0.25) is 11.2 Å². The van der Waals surface area contributed by atoms with Gasteiger partial charge in [-0.3, -0.25) is 4.79 Å².